The minimum atomic E-state index is -0.334. The summed E-state index contributed by atoms with van der Waals surface area (Å²) in [5.41, 5.74) is 6.71. The van der Waals surface area contributed by atoms with E-state index in [9.17, 15) is 4.79 Å². The van der Waals surface area contributed by atoms with E-state index < -0.39 is 0 Å². The molecule has 0 aliphatic heterocycles. The Morgan fingerprint density at radius 1 is 1.12 bits per heavy atom. The molecule has 6 N–H and O–H groups in total. The Morgan fingerprint density at radius 2 is 1.85 bits per heavy atom. The van der Waals surface area contributed by atoms with Crippen molar-refractivity contribution in [3.8, 4) is 5.75 Å². The number of rotatable bonds is 6. The summed E-state index contributed by atoms with van der Waals surface area (Å²) >= 11 is 5.92. The summed E-state index contributed by atoms with van der Waals surface area (Å²) in [5.74, 6) is 1.04. The first-order chi connectivity index (χ1) is 15.9. The highest BCUT2D eigenvalue weighted by atomic mass is 35.5. The quantitative estimate of drug-likeness (QED) is 0.275. The lowest BCUT2D eigenvalue weighted by molar-refractivity contribution is 0.102. The number of nitrogens with zero attached hydrogens (tertiary/aromatic N) is 2. The first-order valence-electron chi connectivity index (χ1n) is 10.7. The third kappa shape index (κ3) is 5.43. The summed E-state index contributed by atoms with van der Waals surface area (Å²) in [6.45, 7) is 0. The third-order valence-electron chi connectivity index (χ3n) is 5.66. The van der Waals surface area contributed by atoms with E-state index in [0.29, 0.717) is 27.7 Å². The molecule has 33 heavy (non-hydrogen) atoms. The first-order valence-corrected chi connectivity index (χ1v) is 11.1. The molecule has 9 nitrogen and oxygen atoms in total. The van der Waals surface area contributed by atoms with Crippen molar-refractivity contribution in [2.75, 3.05) is 17.7 Å². The Morgan fingerprint density at radius 3 is 2.55 bits per heavy atom. The topological polar surface area (TPSA) is 138 Å². The molecule has 0 radical (unpaired) electrons. The lowest BCUT2D eigenvalue weighted by atomic mass is 9.90. The maximum Gasteiger partial charge on any atom is 0.258 e. The van der Waals surface area contributed by atoms with Crippen LogP contribution in [0, 0.1) is 5.41 Å². The molecule has 0 saturated heterocycles. The summed E-state index contributed by atoms with van der Waals surface area (Å²) in [4.78, 5) is 21.9. The second-order valence-electron chi connectivity index (χ2n) is 7.94. The first kappa shape index (κ1) is 22.6. The number of fused-ring (bicyclic) bond motifs is 1. The lowest BCUT2D eigenvalue weighted by Crippen LogP contribution is -2.50. The van der Waals surface area contributed by atoms with Crippen LogP contribution in [0.5, 0.6) is 5.75 Å². The number of hydrogen-bond donors (Lipinski definition) is 5. The van der Waals surface area contributed by atoms with E-state index in [1.807, 2.05) is 18.2 Å². The number of aromatic nitrogens is 2. The molecule has 1 aliphatic carbocycles. The molecule has 1 saturated carbocycles. The van der Waals surface area contributed by atoms with Crippen LogP contribution in [0.25, 0.3) is 10.9 Å². The largest absolute Gasteiger partial charge is 0.497 e. The van der Waals surface area contributed by atoms with Gasteiger partial charge < -0.3 is 21.1 Å². The Bertz CT molecular complexity index is 1170. The van der Waals surface area contributed by atoms with Gasteiger partial charge >= 0.3 is 0 Å². The van der Waals surface area contributed by atoms with E-state index in [2.05, 4.69) is 25.9 Å². The van der Waals surface area contributed by atoms with E-state index in [4.69, 9.17) is 27.5 Å². The third-order valence-corrected chi connectivity index (χ3v) is 5.92. The number of nitrogens with two attached hydrogens (primary N) is 1. The standard InChI is InChI=1S/C23H26ClN7O2/c1-33-15-10-11-17-16(12-15)20(27-18-4-2-3-5-19(18)28-22(25)26)30-23(29-17)31-21(32)13-6-8-14(24)9-7-13/h6-12,18-19H,2-5H2,1H3,(H4,25,26,28)(H2,27,29,30,31,32)/t18-,19+/m0/s1. The van der Waals surface area contributed by atoms with Gasteiger partial charge in [0.2, 0.25) is 5.95 Å². The number of guanidine groups is 1. The molecule has 2 atom stereocenters. The molecule has 2 aromatic carbocycles. The van der Waals surface area contributed by atoms with E-state index in [0.717, 1.165) is 31.1 Å². The summed E-state index contributed by atoms with van der Waals surface area (Å²) in [5, 5.41) is 18.3. The second-order valence-corrected chi connectivity index (χ2v) is 8.38. The zero-order chi connectivity index (χ0) is 23.4. The van der Waals surface area contributed by atoms with E-state index >= 15 is 0 Å². The molecule has 1 heterocycles. The molecule has 1 aliphatic rings. The minimum absolute atomic E-state index is 0.000943. The predicted octanol–water partition coefficient (Wildman–Crippen LogP) is 3.75. The molecule has 0 spiro atoms. The van der Waals surface area contributed by atoms with E-state index in [-0.39, 0.29) is 29.9 Å². The van der Waals surface area contributed by atoms with Crippen molar-refractivity contribution in [2.24, 2.45) is 5.73 Å². The molecular weight excluding hydrogens is 442 g/mol. The Hall–Kier alpha value is -3.59. The number of carbonyl (C=O) groups is 1. The van der Waals surface area contributed by atoms with Crippen LogP contribution in [0.4, 0.5) is 11.8 Å². The maximum absolute atomic E-state index is 12.7. The SMILES string of the molecule is COc1ccc2nc(NC(=O)c3ccc(Cl)cc3)nc(N[C@H]3CCCC[C@H]3NC(=N)N)c2c1. The van der Waals surface area contributed by atoms with E-state index in [1.165, 1.54) is 0 Å². The van der Waals surface area contributed by atoms with E-state index in [1.54, 1.807) is 31.4 Å². The number of hydrogen-bond acceptors (Lipinski definition) is 6. The van der Waals surface area contributed by atoms with Crippen LogP contribution in [0.1, 0.15) is 36.0 Å². The van der Waals surface area contributed by atoms with Gasteiger partial charge in [0.15, 0.2) is 5.96 Å². The fraction of sp³-hybridized carbons (Fsp3) is 0.304. The van der Waals surface area contributed by atoms with Crippen LogP contribution in [-0.4, -0.2) is 41.0 Å². The van der Waals surface area contributed by atoms with Gasteiger partial charge in [0.25, 0.3) is 5.91 Å². The highest BCUT2D eigenvalue weighted by Crippen LogP contribution is 2.29. The Labute approximate surface area is 196 Å². The maximum atomic E-state index is 12.7. The van der Waals surface area contributed by atoms with Crippen molar-refractivity contribution in [3.05, 3.63) is 53.1 Å². The number of halogens is 1. The smallest absolute Gasteiger partial charge is 0.258 e. The molecule has 1 amide bonds. The van der Waals surface area contributed by atoms with Crippen molar-refractivity contribution >= 4 is 46.1 Å². The molecule has 3 aromatic rings. The van der Waals surface area contributed by atoms with Crippen LogP contribution in [0.15, 0.2) is 42.5 Å². The molecule has 1 fully saturated rings. The van der Waals surface area contributed by atoms with Gasteiger partial charge in [-0.05, 0) is 55.3 Å². The summed E-state index contributed by atoms with van der Waals surface area (Å²) < 4.78 is 5.38. The molecule has 0 unspecified atom stereocenters. The number of anilines is 2. The zero-order valence-corrected chi connectivity index (χ0v) is 18.9. The molecule has 10 heteroatoms. The number of nitrogens with one attached hydrogen (secondary N) is 4. The summed E-state index contributed by atoms with van der Waals surface area (Å²) in [6.07, 6.45) is 3.90. The highest BCUT2D eigenvalue weighted by Gasteiger charge is 2.26. The Balaban J connectivity index is 1.67. The van der Waals surface area contributed by atoms with Gasteiger partial charge in [-0.3, -0.25) is 15.5 Å². The average Bonchev–Trinajstić information content (AvgIpc) is 2.80. The predicted molar refractivity (Wildman–Crippen MR) is 130 cm³/mol. The minimum Gasteiger partial charge on any atom is -0.497 e. The average molecular weight is 468 g/mol. The molecule has 4 rings (SSSR count). The van der Waals surface area contributed by atoms with Gasteiger partial charge in [-0.2, -0.15) is 4.98 Å². The number of benzene rings is 2. The number of ether oxygens (including phenoxy) is 1. The molecule has 1 aromatic heterocycles. The summed E-state index contributed by atoms with van der Waals surface area (Å²) in [6, 6.07) is 12.1. The molecule has 172 valence electrons. The number of carbonyl (C=O) groups excluding carboxylic acids is 1. The van der Waals surface area contributed by atoms with Crippen LogP contribution in [0.3, 0.4) is 0 Å². The lowest BCUT2D eigenvalue weighted by Gasteiger charge is -2.33. The normalized spacial score (nSPS) is 17.9. The van der Waals surface area contributed by atoms with Crippen molar-refractivity contribution in [1.29, 1.82) is 5.41 Å². The van der Waals surface area contributed by atoms with Crippen LogP contribution in [0.2, 0.25) is 5.02 Å². The van der Waals surface area contributed by atoms with Crippen LogP contribution in [-0.2, 0) is 0 Å². The second kappa shape index (κ2) is 9.91. The van der Waals surface area contributed by atoms with Gasteiger partial charge in [-0.25, -0.2) is 4.98 Å². The van der Waals surface area contributed by atoms with Crippen molar-refractivity contribution in [3.63, 3.8) is 0 Å². The summed E-state index contributed by atoms with van der Waals surface area (Å²) in [7, 11) is 1.60. The molecule has 0 bridgehead atoms. The highest BCUT2D eigenvalue weighted by molar-refractivity contribution is 6.30. The fourth-order valence-corrected chi connectivity index (χ4v) is 4.15. The number of amides is 1. The monoisotopic (exact) mass is 467 g/mol. The van der Waals surface area contributed by atoms with Crippen LogP contribution < -0.4 is 26.4 Å². The van der Waals surface area contributed by atoms with Crippen molar-refractivity contribution < 1.29 is 9.53 Å². The van der Waals surface area contributed by atoms with Crippen molar-refractivity contribution in [1.82, 2.24) is 15.3 Å². The van der Waals surface area contributed by atoms with Crippen LogP contribution >= 0.6 is 11.6 Å². The number of methoxy groups -OCH3 is 1. The van der Waals surface area contributed by atoms with Gasteiger partial charge in [0.05, 0.1) is 12.6 Å². The Kier molecular flexibility index (Phi) is 6.79. The van der Waals surface area contributed by atoms with Gasteiger partial charge in [-0.1, -0.05) is 24.4 Å². The van der Waals surface area contributed by atoms with Crippen molar-refractivity contribution in [2.45, 2.75) is 37.8 Å². The zero-order valence-electron chi connectivity index (χ0n) is 18.2. The molecular formula is C23H26ClN7O2. The fourth-order valence-electron chi connectivity index (χ4n) is 4.03. The van der Waals surface area contributed by atoms with Gasteiger partial charge in [-0.15, -0.1) is 0 Å². The van der Waals surface area contributed by atoms with Gasteiger partial charge in [0.1, 0.15) is 11.6 Å². The van der Waals surface area contributed by atoms with Gasteiger partial charge in [0, 0.05) is 28.1 Å².